The van der Waals surface area contributed by atoms with Crippen LogP contribution in [0.5, 0.6) is 0 Å². The molecule has 9 nitrogen and oxygen atoms in total. The van der Waals surface area contributed by atoms with Crippen LogP contribution in [-0.4, -0.2) is 44.8 Å². The van der Waals surface area contributed by atoms with Crippen molar-refractivity contribution < 1.29 is 17.3 Å². The first kappa shape index (κ1) is 20.6. The van der Waals surface area contributed by atoms with E-state index in [1.807, 2.05) is 0 Å². The maximum Gasteiger partial charge on any atom is 0.281 e. The molecule has 0 N–H and O–H groups in total. The third-order valence-electron chi connectivity index (χ3n) is 4.85. The molecule has 0 aliphatic heterocycles. The Balaban J connectivity index is 1.65. The van der Waals surface area contributed by atoms with E-state index in [1.54, 1.807) is 54.9 Å². The van der Waals surface area contributed by atoms with Gasteiger partial charge in [-0.1, -0.05) is 34.6 Å². The number of sulfone groups is 1. The van der Waals surface area contributed by atoms with E-state index in [-0.39, 0.29) is 28.0 Å². The molecule has 33 heavy (non-hydrogen) atoms. The number of benzene rings is 2. The average Bonchev–Trinajstić information content (AvgIpc) is 3.47. The fourth-order valence-electron chi connectivity index (χ4n) is 3.29. The van der Waals surface area contributed by atoms with Crippen LogP contribution in [0.1, 0.15) is 0 Å². The van der Waals surface area contributed by atoms with Crippen LogP contribution in [-0.2, 0) is 9.84 Å². The van der Waals surface area contributed by atoms with Crippen LogP contribution < -0.4 is 0 Å². The van der Waals surface area contributed by atoms with E-state index in [2.05, 4.69) is 25.4 Å². The molecule has 0 atom stereocenters. The van der Waals surface area contributed by atoms with Gasteiger partial charge >= 0.3 is 0 Å². The Labute approximate surface area is 187 Å². The van der Waals surface area contributed by atoms with E-state index in [4.69, 9.17) is 4.52 Å². The Bertz CT molecular complexity index is 1560. The highest BCUT2D eigenvalue weighted by Crippen LogP contribution is 2.32. The van der Waals surface area contributed by atoms with Crippen LogP contribution in [0.4, 0.5) is 4.39 Å². The standard InChI is InChI=1S/C22H15FN6O3S/c1-33(30,31)16-6-4-5-15(13-16)21-25-22(32-27-21)19-20(14-9-11-24-12-10-14)29(28-26-19)18-8-3-2-7-17(18)23/h2-13H,1H3. The number of hydrogen-bond donors (Lipinski definition) is 0. The summed E-state index contributed by atoms with van der Waals surface area (Å²) in [5, 5.41) is 12.3. The van der Waals surface area contributed by atoms with Crippen molar-refractivity contribution in [2.24, 2.45) is 0 Å². The molecule has 0 amide bonds. The molecule has 11 heteroatoms. The fourth-order valence-corrected chi connectivity index (χ4v) is 3.96. The number of nitrogens with zero attached hydrogens (tertiary/aromatic N) is 6. The Morgan fingerprint density at radius 1 is 0.970 bits per heavy atom. The first-order chi connectivity index (χ1) is 15.9. The highest BCUT2D eigenvalue weighted by molar-refractivity contribution is 7.90. The topological polar surface area (TPSA) is 117 Å². The molecule has 0 aliphatic carbocycles. The Morgan fingerprint density at radius 2 is 1.76 bits per heavy atom. The molecule has 2 aromatic carbocycles. The normalized spacial score (nSPS) is 11.6. The molecule has 0 unspecified atom stereocenters. The van der Waals surface area contributed by atoms with Gasteiger partial charge in [0.05, 0.1) is 4.90 Å². The zero-order chi connectivity index (χ0) is 23.0. The second-order valence-electron chi connectivity index (χ2n) is 7.11. The minimum atomic E-state index is -3.41. The van der Waals surface area contributed by atoms with Crippen LogP contribution in [0.25, 0.3) is 39.9 Å². The molecule has 0 fully saturated rings. The van der Waals surface area contributed by atoms with Gasteiger partial charge in [-0.25, -0.2) is 17.5 Å². The van der Waals surface area contributed by atoms with E-state index in [1.165, 1.54) is 22.9 Å². The third kappa shape index (κ3) is 3.89. The van der Waals surface area contributed by atoms with Gasteiger partial charge in [-0.15, -0.1) is 5.10 Å². The smallest absolute Gasteiger partial charge is 0.281 e. The highest BCUT2D eigenvalue weighted by atomic mass is 32.2. The van der Waals surface area contributed by atoms with Crippen molar-refractivity contribution in [3.05, 3.63) is 78.9 Å². The van der Waals surface area contributed by atoms with Crippen molar-refractivity contribution in [2.75, 3.05) is 6.26 Å². The molecule has 3 aromatic heterocycles. The lowest BCUT2D eigenvalue weighted by molar-refractivity contribution is 0.431. The van der Waals surface area contributed by atoms with Crippen molar-refractivity contribution in [2.45, 2.75) is 4.90 Å². The molecule has 0 saturated carbocycles. The Kier molecular flexibility index (Phi) is 5.02. The van der Waals surface area contributed by atoms with Crippen molar-refractivity contribution in [1.29, 1.82) is 0 Å². The molecule has 0 aliphatic rings. The lowest BCUT2D eigenvalue weighted by Gasteiger charge is -2.08. The van der Waals surface area contributed by atoms with Crippen molar-refractivity contribution in [1.82, 2.24) is 30.1 Å². The predicted octanol–water partition coefficient (Wildman–Crippen LogP) is 3.59. The van der Waals surface area contributed by atoms with Gasteiger partial charge in [0.25, 0.3) is 5.89 Å². The van der Waals surface area contributed by atoms with Crippen molar-refractivity contribution >= 4 is 9.84 Å². The minimum absolute atomic E-state index is 0.0455. The summed E-state index contributed by atoms with van der Waals surface area (Å²) >= 11 is 0. The zero-order valence-electron chi connectivity index (χ0n) is 17.1. The predicted molar refractivity (Wildman–Crippen MR) is 116 cm³/mol. The first-order valence-corrected chi connectivity index (χ1v) is 11.6. The second-order valence-corrected chi connectivity index (χ2v) is 9.12. The van der Waals surface area contributed by atoms with E-state index in [0.717, 1.165) is 6.26 Å². The second kappa shape index (κ2) is 8.02. The molecular weight excluding hydrogens is 447 g/mol. The number of aromatic nitrogens is 6. The van der Waals surface area contributed by atoms with Gasteiger partial charge in [0.2, 0.25) is 5.82 Å². The van der Waals surface area contributed by atoms with Crippen molar-refractivity contribution in [3.8, 4) is 39.9 Å². The quantitative estimate of drug-likeness (QED) is 0.389. The minimum Gasteiger partial charge on any atom is -0.332 e. The zero-order valence-corrected chi connectivity index (χ0v) is 17.9. The molecule has 0 radical (unpaired) electrons. The van der Waals surface area contributed by atoms with Gasteiger partial charge in [-0.05, 0) is 36.4 Å². The van der Waals surface area contributed by atoms with Gasteiger partial charge in [-0.3, -0.25) is 4.98 Å². The summed E-state index contributed by atoms with van der Waals surface area (Å²) in [4.78, 5) is 8.55. The summed E-state index contributed by atoms with van der Waals surface area (Å²) in [6, 6.07) is 15.8. The SMILES string of the molecule is CS(=O)(=O)c1cccc(-c2noc(-c3nnn(-c4ccccc4F)c3-c3ccncc3)n2)c1. The molecule has 3 heterocycles. The van der Waals surface area contributed by atoms with E-state index >= 15 is 0 Å². The van der Waals surface area contributed by atoms with Crippen LogP contribution in [0.3, 0.4) is 0 Å². The number of halogens is 1. The summed E-state index contributed by atoms with van der Waals surface area (Å²) in [7, 11) is -3.41. The van der Waals surface area contributed by atoms with Crippen LogP contribution in [0, 0.1) is 5.82 Å². The summed E-state index contributed by atoms with van der Waals surface area (Å²) in [6.07, 6.45) is 4.30. The molecule has 0 spiro atoms. The molecule has 5 rings (SSSR count). The van der Waals surface area contributed by atoms with E-state index < -0.39 is 15.7 Å². The molecule has 0 saturated heterocycles. The number of para-hydroxylation sites is 1. The molecule has 5 aromatic rings. The fraction of sp³-hybridized carbons (Fsp3) is 0.0455. The maximum absolute atomic E-state index is 14.5. The largest absolute Gasteiger partial charge is 0.332 e. The van der Waals surface area contributed by atoms with E-state index in [9.17, 15) is 12.8 Å². The molecule has 0 bridgehead atoms. The average molecular weight is 462 g/mol. The third-order valence-corrected chi connectivity index (χ3v) is 5.96. The van der Waals surface area contributed by atoms with Gasteiger partial charge < -0.3 is 4.52 Å². The summed E-state index contributed by atoms with van der Waals surface area (Å²) in [5.41, 5.74) is 1.99. The summed E-state index contributed by atoms with van der Waals surface area (Å²) in [5.74, 6) is -0.256. The maximum atomic E-state index is 14.5. The van der Waals surface area contributed by atoms with E-state index in [0.29, 0.717) is 16.8 Å². The van der Waals surface area contributed by atoms with Gasteiger partial charge in [0.1, 0.15) is 17.2 Å². The van der Waals surface area contributed by atoms with Crippen LogP contribution in [0.2, 0.25) is 0 Å². The van der Waals surface area contributed by atoms with Crippen LogP contribution in [0.15, 0.2) is 82.5 Å². The van der Waals surface area contributed by atoms with Gasteiger partial charge in [0, 0.05) is 29.8 Å². The summed E-state index contributed by atoms with van der Waals surface area (Å²) < 4.78 is 45.1. The monoisotopic (exact) mass is 462 g/mol. The first-order valence-electron chi connectivity index (χ1n) is 9.67. The van der Waals surface area contributed by atoms with Gasteiger partial charge in [-0.2, -0.15) is 4.98 Å². The number of pyridine rings is 1. The highest BCUT2D eigenvalue weighted by Gasteiger charge is 2.24. The number of hydrogen-bond acceptors (Lipinski definition) is 8. The lowest BCUT2D eigenvalue weighted by atomic mass is 10.1. The Morgan fingerprint density at radius 3 is 2.52 bits per heavy atom. The summed E-state index contributed by atoms with van der Waals surface area (Å²) in [6.45, 7) is 0. The Hall–Kier alpha value is -4.25. The molecular formula is C22H15FN6O3S. The number of rotatable bonds is 5. The lowest BCUT2D eigenvalue weighted by Crippen LogP contribution is -2.02. The van der Waals surface area contributed by atoms with Crippen LogP contribution >= 0.6 is 0 Å². The van der Waals surface area contributed by atoms with Crippen molar-refractivity contribution in [3.63, 3.8) is 0 Å². The molecule has 164 valence electrons. The van der Waals surface area contributed by atoms with Gasteiger partial charge in [0.15, 0.2) is 15.5 Å².